The van der Waals surface area contributed by atoms with Crippen LogP contribution in [0.2, 0.25) is 0 Å². The van der Waals surface area contributed by atoms with Gasteiger partial charge in [0.2, 0.25) is 4.96 Å². The molecule has 0 saturated carbocycles. The van der Waals surface area contributed by atoms with Gasteiger partial charge in [-0.05, 0) is 35.7 Å². The van der Waals surface area contributed by atoms with Gasteiger partial charge < -0.3 is 0 Å². The summed E-state index contributed by atoms with van der Waals surface area (Å²) in [5.74, 6) is -0.159. The molecule has 0 N–H and O–H groups in total. The molecule has 0 bridgehead atoms. The molecule has 0 aliphatic heterocycles. The van der Waals surface area contributed by atoms with Crippen LogP contribution in [0.15, 0.2) is 50.9 Å². The highest BCUT2D eigenvalue weighted by atomic mass is 32.2. The van der Waals surface area contributed by atoms with Crippen LogP contribution >= 0.6 is 34.4 Å². The first-order valence-corrected chi connectivity index (χ1v) is 10.0. The standard InChI is InChI=1S/C16H9FN4O2S3/c17-10-5-3-9(4-6-10)13-14(23)21-15(19-18-13)26-16(20-21)25-8-11(22)12-2-1-7-24-12/h1-7H,8H2. The lowest BCUT2D eigenvalue weighted by Crippen LogP contribution is -2.19. The summed E-state index contributed by atoms with van der Waals surface area (Å²) in [5.41, 5.74) is 0.127. The predicted octanol–water partition coefficient (Wildman–Crippen LogP) is 3.39. The second-order valence-corrected chi connectivity index (χ2v) is 8.24. The summed E-state index contributed by atoms with van der Waals surface area (Å²) in [4.78, 5) is 25.7. The number of hydrogen-bond donors (Lipinski definition) is 0. The van der Waals surface area contributed by atoms with E-state index in [2.05, 4.69) is 15.3 Å². The van der Waals surface area contributed by atoms with E-state index in [0.29, 0.717) is 19.7 Å². The third-order valence-electron chi connectivity index (χ3n) is 3.41. The van der Waals surface area contributed by atoms with Crippen LogP contribution < -0.4 is 5.56 Å². The smallest absolute Gasteiger partial charge is 0.292 e. The molecule has 3 aromatic heterocycles. The summed E-state index contributed by atoms with van der Waals surface area (Å²) < 4.78 is 14.8. The number of Topliss-reactive ketones (excluding diaryl/α,β-unsaturated/α-hetero) is 1. The summed E-state index contributed by atoms with van der Waals surface area (Å²) in [6.07, 6.45) is 0. The van der Waals surface area contributed by atoms with E-state index in [1.807, 2.05) is 11.4 Å². The number of ketones is 1. The van der Waals surface area contributed by atoms with E-state index in [4.69, 9.17) is 0 Å². The van der Waals surface area contributed by atoms with E-state index >= 15 is 0 Å². The fraction of sp³-hybridized carbons (Fsp3) is 0.0625. The lowest BCUT2D eigenvalue weighted by molar-refractivity contribution is 0.102. The van der Waals surface area contributed by atoms with Gasteiger partial charge in [-0.2, -0.15) is 4.52 Å². The number of thioether (sulfide) groups is 1. The van der Waals surface area contributed by atoms with Crippen molar-refractivity contribution in [3.05, 3.63) is 62.8 Å². The molecule has 0 radical (unpaired) electrons. The van der Waals surface area contributed by atoms with E-state index in [9.17, 15) is 14.0 Å². The quantitative estimate of drug-likeness (QED) is 0.375. The zero-order chi connectivity index (χ0) is 18.1. The van der Waals surface area contributed by atoms with Crippen molar-refractivity contribution >= 4 is 45.2 Å². The zero-order valence-corrected chi connectivity index (χ0v) is 15.4. The third-order valence-corrected chi connectivity index (χ3v) is 6.36. The third kappa shape index (κ3) is 3.30. The molecule has 26 heavy (non-hydrogen) atoms. The van der Waals surface area contributed by atoms with Crippen molar-refractivity contribution in [3.8, 4) is 11.3 Å². The Balaban J connectivity index is 1.61. The van der Waals surface area contributed by atoms with Crippen LogP contribution in [-0.2, 0) is 0 Å². The molecule has 0 aliphatic rings. The maximum Gasteiger partial charge on any atom is 0.302 e. The molecule has 0 amide bonds. The van der Waals surface area contributed by atoms with Gasteiger partial charge >= 0.3 is 5.56 Å². The van der Waals surface area contributed by atoms with Crippen molar-refractivity contribution in [2.75, 3.05) is 5.75 Å². The van der Waals surface area contributed by atoms with Crippen molar-refractivity contribution < 1.29 is 9.18 Å². The number of thiophene rings is 1. The number of hydrogen-bond acceptors (Lipinski definition) is 8. The first-order chi connectivity index (χ1) is 12.6. The van der Waals surface area contributed by atoms with E-state index in [-0.39, 0.29) is 17.2 Å². The molecule has 4 aromatic rings. The van der Waals surface area contributed by atoms with Gasteiger partial charge in [0.25, 0.3) is 0 Å². The van der Waals surface area contributed by atoms with Gasteiger partial charge in [0.15, 0.2) is 15.8 Å². The Labute approximate surface area is 158 Å². The van der Waals surface area contributed by atoms with Gasteiger partial charge in [0, 0.05) is 5.56 Å². The van der Waals surface area contributed by atoms with E-state index in [1.165, 1.54) is 58.7 Å². The van der Waals surface area contributed by atoms with Crippen molar-refractivity contribution in [2.45, 2.75) is 4.34 Å². The minimum atomic E-state index is -0.436. The number of halogens is 1. The normalized spacial score (nSPS) is 11.1. The van der Waals surface area contributed by atoms with Gasteiger partial charge in [-0.15, -0.1) is 26.6 Å². The summed E-state index contributed by atoms with van der Waals surface area (Å²) in [6, 6.07) is 9.04. The van der Waals surface area contributed by atoms with E-state index in [1.54, 1.807) is 6.07 Å². The van der Waals surface area contributed by atoms with Crippen LogP contribution in [-0.4, -0.2) is 31.3 Å². The fourth-order valence-corrected chi connectivity index (χ4v) is 4.69. The molecule has 130 valence electrons. The largest absolute Gasteiger partial charge is 0.302 e. The number of rotatable bonds is 5. The average Bonchev–Trinajstić information content (AvgIpc) is 3.31. The van der Waals surface area contributed by atoms with Crippen molar-refractivity contribution in [3.63, 3.8) is 0 Å². The average molecular weight is 404 g/mol. The van der Waals surface area contributed by atoms with Crippen LogP contribution in [0.3, 0.4) is 0 Å². The number of carbonyl (C=O) groups excluding carboxylic acids is 1. The van der Waals surface area contributed by atoms with Gasteiger partial charge in [-0.25, -0.2) is 4.39 Å². The Morgan fingerprint density at radius 1 is 1.19 bits per heavy atom. The first kappa shape index (κ1) is 17.0. The topological polar surface area (TPSA) is 77.2 Å². The maximum atomic E-state index is 13.1. The summed E-state index contributed by atoms with van der Waals surface area (Å²) in [5, 5.41) is 14.0. The Morgan fingerprint density at radius 3 is 2.73 bits per heavy atom. The molecule has 4 rings (SSSR count). The number of aromatic nitrogens is 4. The number of fused-ring (bicyclic) bond motifs is 1. The van der Waals surface area contributed by atoms with Crippen LogP contribution in [0.5, 0.6) is 0 Å². The molecule has 1 aromatic carbocycles. The molecule has 10 heteroatoms. The summed E-state index contributed by atoms with van der Waals surface area (Å²) in [6.45, 7) is 0. The lowest BCUT2D eigenvalue weighted by Gasteiger charge is -1.98. The molecule has 0 atom stereocenters. The molecule has 0 saturated heterocycles. The highest BCUT2D eigenvalue weighted by molar-refractivity contribution is 8.01. The highest BCUT2D eigenvalue weighted by Gasteiger charge is 2.15. The summed E-state index contributed by atoms with van der Waals surface area (Å²) in [7, 11) is 0. The maximum absolute atomic E-state index is 13.1. The van der Waals surface area contributed by atoms with Crippen molar-refractivity contribution in [2.24, 2.45) is 0 Å². The molecule has 0 aliphatic carbocycles. The Bertz CT molecular complexity index is 1140. The molecular formula is C16H9FN4O2S3. The molecule has 0 spiro atoms. The van der Waals surface area contributed by atoms with Gasteiger partial charge in [0.05, 0.1) is 10.6 Å². The first-order valence-electron chi connectivity index (χ1n) is 7.34. The Morgan fingerprint density at radius 2 is 2.00 bits per heavy atom. The van der Waals surface area contributed by atoms with Gasteiger partial charge in [-0.1, -0.05) is 29.2 Å². The van der Waals surface area contributed by atoms with Crippen LogP contribution in [0.25, 0.3) is 16.2 Å². The van der Waals surface area contributed by atoms with E-state index in [0.717, 1.165) is 4.52 Å². The Hall–Kier alpha value is -2.43. The van der Waals surface area contributed by atoms with Gasteiger partial charge in [-0.3, -0.25) is 9.59 Å². The molecular weight excluding hydrogens is 395 g/mol. The predicted molar refractivity (Wildman–Crippen MR) is 99.7 cm³/mol. The minimum absolute atomic E-state index is 0.00897. The second-order valence-electron chi connectivity index (χ2n) is 5.11. The number of carbonyl (C=O) groups is 1. The number of nitrogens with zero attached hydrogens (tertiary/aromatic N) is 4. The van der Waals surface area contributed by atoms with Crippen molar-refractivity contribution in [1.82, 2.24) is 19.8 Å². The molecule has 3 heterocycles. The molecule has 0 unspecified atom stereocenters. The second kappa shape index (κ2) is 7.06. The zero-order valence-electron chi connectivity index (χ0n) is 13.0. The fourth-order valence-electron chi connectivity index (χ4n) is 2.18. The van der Waals surface area contributed by atoms with Crippen LogP contribution in [0.4, 0.5) is 4.39 Å². The van der Waals surface area contributed by atoms with Crippen LogP contribution in [0.1, 0.15) is 9.67 Å². The lowest BCUT2D eigenvalue weighted by atomic mass is 10.2. The number of benzene rings is 1. The summed E-state index contributed by atoms with van der Waals surface area (Å²) >= 11 is 3.83. The SMILES string of the molecule is O=C(CSc1nn2c(=O)c(-c3ccc(F)cc3)nnc2s1)c1cccs1. The molecule has 6 nitrogen and oxygen atoms in total. The van der Waals surface area contributed by atoms with Gasteiger partial charge in [0.1, 0.15) is 5.82 Å². The Kier molecular flexibility index (Phi) is 4.62. The van der Waals surface area contributed by atoms with Crippen LogP contribution in [0, 0.1) is 5.82 Å². The molecule has 0 fully saturated rings. The van der Waals surface area contributed by atoms with Crippen molar-refractivity contribution in [1.29, 1.82) is 0 Å². The monoisotopic (exact) mass is 404 g/mol. The minimum Gasteiger partial charge on any atom is -0.292 e. The van der Waals surface area contributed by atoms with E-state index < -0.39 is 11.4 Å². The highest BCUT2D eigenvalue weighted by Crippen LogP contribution is 2.25.